The van der Waals surface area contributed by atoms with E-state index >= 15 is 0 Å². The summed E-state index contributed by atoms with van der Waals surface area (Å²) in [4.78, 5) is 25.5. The van der Waals surface area contributed by atoms with Crippen LogP contribution in [0.4, 0.5) is 14.6 Å². The number of carboxylic acid groups (broad SMARTS) is 1. The Morgan fingerprint density at radius 1 is 1.16 bits per heavy atom. The van der Waals surface area contributed by atoms with Gasteiger partial charge in [0.15, 0.2) is 5.82 Å². The van der Waals surface area contributed by atoms with Crippen molar-refractivity contribution in [3.63, 3.8) is 0 Å². The summed E-state index contributed by atoms with van der Waals surface area (Å²) in [6.45, 7) is 5.81. The molecule has 2 aliphatic rings. The highest BCUT2D eigenvalue weighted by atomic mass is 19.1. The molecule has 0 radical (unpaired) electrons. The van der Waals surface area contributed by atoms with Gasteiger partial charge in [0, 0.05) is 43.9 Å². The molecule has 2 aliphatic heterocycles. The summed E-state index contributed by atoms with van der Waals surface area (Å²) in [5.74, 6) is -0.545. The first-order valence-electron chi connectivity index (χ1n) is 14.6. The lowest BCUT2D eigenvalue weighted by Crippen LogP contribution is -2.53. The predicted octanol–water partition coefficient (Wildman–Crippen LogP) is 4.75. The van der Waals surface area contributed by atoms with E-state index in [4.69, 9.17) is 14.7 Å². The zero-order valence-corrected chi connectivity index (χ0v) is 24.2. The van der Waals surface area contributed by atoms with Gasteiger partial charge in [0.25, 0.3) is 0 Å². The minimum absolute atomic E-state index is 0.0131. The van der Waals surface area contributed by atoms with Gasteiger partial charge < -0.3 is 24.0 Å². The second-order valence-electron chi connectivity index (χ2n) is 11.1. The maximum Gasteiger partial charge on any atom is 0.335 e. The summed E-state index contributed by atoms with van der Waals surface area (Å²) in [6.07, 6.45) is 1.72. The number of carboxylic acids is 1. The number of rotatable bonds is 10. The number of benzene rings is 2. The minimum Gasteiger partial charge on any atom is -0.478 e. The topological polar surface area (TPSA) is 117 Å². The number of nitrogens with zero attached hydrogens (tertiary/aromatic N) is 6. The zero-order valence-electron chi connectivity index (χ0n) is 24.2. The molecule has 2 unspecified atom stereocenters. The zero-order chi connectivity index (χ0) is 30.8. The van der Waals surface area contributed by atoms with E-state index < -0.39 is 17.6 Å². The Bertz CT molecular complexity index is 1730. The van der Waals surface area contributed by atoms with Crippen LogP contribution in [0.3, 0.4) is 0 Å². The molecule has 0 bridgehead atoms. The van der Waals surface area contributed by atoms with Crippen LogP contribution in [-0.4, -0.2) is 68.9 Å². The van der Waals surface area contributed by atoms with E-state index in [1.807, 2.05) is 22.8 Å². The average molecular weight is 603 g/mol. The van der Waals surface area contributed by atoms with E-state index in [1.165, 1.54) is 18.2 Å². The summed E-state index contributed by atoms with van der Waals surface area (Å²) in [5.41, 5.74) is 1.10. The molecule has 4 heterocycles. The second-order valence-corrected chi connectivity index (χ2v) is 11.1. The predicted molar refractivity (Wildman–Crippen MR) is 157 cm³/mol. The molecule has 12 heteroatoms. The van der Waals surface area contributed by atoms with Gasteiger partial charge >= 0.3 is 5.97 Å². The highest BCUT2D eigenvalue weighted by Crippen LogP contribution is 2.28. The number of pyridine rings is 1. The number of ether oxygens (including phenoxy) is 2. The van der Waals surface area contributed by atoms with Crippen LogP contribution in [0.5, 0.6) is 5.88 Å². The molecule has 44 heavy (non-hydrogen) atoms. The van der Waals surface area contributed by atoms with Crippen molar-refractivity contribution in [1.29, 1.82) is 5.26 Å². The molecular formula is C32H32F2N6O4. The molecule has 2 aromatic carbocycles. The summed E-state index contributed by atoms with van der Waals surface area (Å²) in [7, 11) is 0. The molecule has 2 atom stereocenters. The first-order chi connectivity index (χ1) is 21.3. The molecule has 1 N–H and O–H groups in total. The largest absolute Gasteiger partial charge is 0.478 e. The Morgan fingerprint density at radius 2 is 2.00 bits per heavy atom. The van der Waals surface area contributed by atoms with E-state index in [0.717, 1.165) is 24.7 Å². The molecule has 0 spiro atoms. The Hall–Kier alpha value is -4.60. The number of aromatic carboxylic acids is 1. The quantitative estimate of drug-likeness (QED) is 0.275. The number of nitriles is 1. The number of piperazine rings is 1. The van der Waals surface area contributed by atoms with Crippen molar-refractivity contribution in [3.05, 3.63) is 82.7 Å². The Kier molecular flexibility index (Phi) is 8.41. The number of anilines is 1. The van der Waals surface area contributed by atoms with Gasteiger partial charge in [0.2, 0.25) is 5.88 Å². The normalized spacial score (nSPS) is 18.6. The summed E-state index contributed by atoms with van der Waals surface area (Å²) in [6, 6.07) is 14.3. The fourth-order valence-electron chi connectivity index (χ4n) is 5.73. The maximum absolute atomic E-state index is 15.0. The molecule has 4 aromatic rings. The van der Waals surface area contributed by atoms with Crippen LogP contribution in [0.1, 0.15) is 47.1 Å². The van der Waals surface area contributed by atoms with E-state index in [9.17, 15) is 18.7 Å². The number of hydrogen-bond acceptors (Lipinski definition) is 8. The van der Waals surface area contributed by atoms with Gasteiger partial charge in [-0.25, -0.2) is 18.6 Å². The molecule has 0 aliphatic carbocycles. The number of carbonyl (C=O) groups is 1. The molecule has 2 saturated heterocycles. The molecule has 10 nitrogen and oxygen atoms in total. The third-order valence-electron chi connectivity index (χ3n) is 8.32. The van der Waals surface area contributed by atoms with Crippen molar-refractivity contribution in [3.8, 4) is 11.9 Å². The molecule has 2 aromatic heterocycles. The van der Waals surface area contributed by atoms with Crippen molar-refractivity contribution in [1.82, 2.24) is 19.4 Å². The van der Waals surface area contributed by atoms with Gasteiger partial charge in [-0.15, -0.1) is 0 Å². The van der Waals surface area contributed by atoms with Crippen LogP contribution in [0.2, 0.25) is 0 Å². The summed E-state index contributed by atoms with van der Waals surface area (Å²) < 4.78 is 42.6. The van der Waals surface area contributed by atoms with Gasteiger partial charge in [0.1, 0.15) is 29.6 Å². The van der Waals surface area contributed by atoms with Crippen molar-refractivity contribution in [2.45, 2.75) is 51.6 Å². The third kappa shape index (κ3) is 6.06. The fourth-order valence-corrected chi connectivity index (χ4v) is 5.73. The van der Waals surface area contributed by atoms with Crippen molar-refractivity contribution in [2.24, 2.45) is 0 Å². The fraction of sp³-hybridized carbons (Fsp3) is 0.375. The number of hydrogen-bond donors (Lipinski definition) is 1. The molecular weight excluding hydrogens is 570 g/mol. The Balaban J connectivity index is 1.17. The van der Waals surface area contributed by atoms with Gasteiger partial charge in [0.05, 0.1) is 41.9 Å². The van der Waals surface area contributed by atoms with Gasteiger partial charge in [-0.1, -0.05) is 19.1 Å². The number of imidazole rings is 1. The second kappa shape index (κ2) is 12.6. The molecule has 6 rings (SSSR count). The maximum atomic E-state index is 15.0. The van der Waals surface area contributed by atoms with Crippen LogP contribution in [0, 0.1) is 23.0 Å². The average Bonchev–Trinajstić information content (AvgIpc) is 3.35. The number of fused-ring (bicyclic) bond motifs is 1. The summed E-state index contributed by atoms with van der Waals surface area (Å²) >= 11 is 0. The monoisotopic (exact) mass is 602 g/mol. The van der Waals surface area contributed by atoms with Crippen LogP contribution in [0.15, 0.2) is 48.5 Å². The van der Waals surface area contributed by atoms with E-state index in [-0.39, 0.29) is 35.4 Å². The Morgan fingerprint density at radius 3 is 2.70 bits per heavy atom. The highest BCUT2D eigenvalue weighted by Gasteiger charge is 2.30. The molecule has 0 saturated carbocycles. The lowest BCUT2D eigenvalue weighted by molar-refractivity contribution is -0.0592. The first-order valence-corrected chi connectivity index (χ1v) is 14.6. The minimum atomic E-state index is -1.19. The van der Waals surface area contributed by atoms with E-state index in [0.29, 0.717) is 62.1 Å². The van der Waals surface area contributed by atoms with E-state index in [1.54, 1.807) is 12.1 Å². The SMILES string of the molecule is CCC1CN(c2cccc(OCc3ccc(C#N)cc3F)n2)CCN1Cc1nc2c(F)cc(C(=O)O)cc2n1CC1CCO1. The van der Waals surface area contributed by atoms with Crippen molar-refractivity contribution < 1.29 is 28.2 Å². The lowest BCUT2D eigenvalue weighted by atomic mass is 10.1. The smallest absolute Gasteiger partial charge is 0.335 e. The molecule has 228 valence electrons. The number of aromatic nitrogens is 3. The van der Waals surface area contributed by atoms with Crippen LogP contribution in [0.25, 0.3) is 11.0 Å². The lowest BCUT2D eigenvalue weighted by Gasteiger charge is -2.41. The van der Waals surface area contributed by atoms with Crippen molar-refractivity contribution in [2.75, 3.05) is 31.1 Å². The van der Waals surface area contributed by atoms with Gasteiger partial charge in [-0.3, -0.25) is 4.90 Å². The first kappa shape index (κ1) is 29.5. The molecule has 2 fully saturated rings. The third-order valence-corrected chi connectivity index (χ3v) is 8.32. The molecule has 0 amide bonds. The Labute approximate surface area is 253 Å². The standard InChI is InChI=1S/C32H32F2N6O4/c1-2-23-16-39(28-4-3-5-30(36-28)44-19-21-7-6-20(15-35)12-25(21)33)10-9-38(23)18-29-37-31-26(34)13-22(32(41)42)14-27(31)40(29)17-24-8-11-43-24/h3-7,12-14,23-24H,2,8-11,16-19H2,1H3,(H,41,42). The van der Waals surface area contributed by atoms with Crippen molar-refractivity contribution >= 4 is 22.8 Å². The summed E-state index contributed by atoms with van der Waals surface area (Å²) in [5, 5.41) is 18.5. The number of halogens is 2. The van der Waals surface area contributed by atoms with Crippen LogP contribution >= 0.6 is 0 Å². The van der Waals surface area contributed by atoms with Gasteiger partial charge in [-0.2, -0.15) is 10.2 Å². The van der Waals surface area contributed by atoms with E-state index in [2.05, 4.69) is 26.7 Å². The highest BCUT2D eigenvalue weighted by molar-refractivity contribution is 5.92. The van der Waals surface area contributed by atoms with Crippen LogP contribution in [-0.2, 0) is 24.4 Å². The van der Waals surface area contributed by atoms with Gasteiger partial charge in [-0.05, 0) is 43.2 Å². The van der Waals surface area contributed by atoms with Crippen LogP contribution < -0.4 is 9.64 Å².